The van der Waals surface area contributed by atoms with Gasteiger partial charge in [-0.05, 0) is 51.1 Å². The predicted molar refractivity (Wildman–Crippen MR) is 127 cm³/mol. The Balaban J connectivity index is 0.000000999. The number of rotatable bonds is 5. The van der Waals surface area contributed by atoms with Crippen LogP contribution >= 0.6 is 15.9 Å². The maximum atomic E-state index is 13.9. The highest BCUT2D eigenvalue weighted by Crippen LogP contribution is 2.34. The van der Waals surface area contributed by atoms with E-state index in [0.29, 0.717) is 21.3 Å². The average Bonchev–Trinajstić information content (AvgIpc) is 3.58. The SMILES string of the molecule is C1CC1.CC(C)(C)n1ncc(CNS(=O)c2ccc(C(F)(F)F)nc2)c1-c1cc(F)ccc1Br. The van der Waals surface area contributed by atoms with Gasteiger partial charge in [-0.1, -0.05) is 35.2 Å². The minimum Gasteiger partial charge on any atom is -0.259 e. The fourth-order valence-corrected chi connectivity index (χ4v) is 4.10. The summed E-state index contributed by atoms with van der Waals surface area (Å²) in [7, 11) is -1.81. The summed E-state index contributed by atoms with van der Waals surface area (Å²) in [6.45, 7) is 5.92. The molecule has 2 aromatic heterocycles. The standard InChI is InChI=1S/C20H19BrF4N4OS.C3H6/c1-19(2,3)29-18(15-8-13(22)4-6-16(15)21)12(9-27-29)10-28-31(30)14-5-7-17(26-11-14)20(23,24)25;1-2-3-1/h4-9,11,28H,10H2,1-3H3;1-3H2. The Morgan fingerprint density at radius 2 is 1.76 bits per heavy atom. The fraction of sp³-hybridized carbons (Fsp3) is 0.391. The van der Waals surface area contributed by atoms with Crippen LogP contribution < -0.4 is 4.72 Å². The van der Waals surface area contributed by atoms with Crippen molar-refractivity contribution in [3.05, 3.63) is 64.3 Å². The molecule has 0 radical (unpaired) electrons. The molecule has 0 spiro atoms. The molecule has 0 aliphatic heterocycles. The van der Waals surface area contributed by atoms with Gasteiger partial charge < -0.3 is 0 Å². The largest absolute Gasteiger partial charge is 0.433 e. The van der Waals surface area contributed by atoms with Crippen LogP contribution in [0.3, 0.4) is 0 Å². The summed E-state index contributed by atoms with van der Waals surface area (Å²) in [5, 5.41) is 4.42. The quantitative estimate of drug-likeness (QED) is 0.357. The monoisotopic (exact) mass is 560 g/mol. The Morgan fingerprint density at radius 1 is 1.09 bits per heavy atom. The van der Waals surface area contributed by atoms with Gasteiger partial charge in [0, 0.05) is 28.3 Å². The summed E-state index contributed by atoms with van der Waals surface area (Å²) in [6, 6.07) is 6.19. The van der Waals surface area contributed by atoms with Gasteiger partial charge in [-0.3, -0.25) is 9.67 Å². The van der Waals surface area contributed by atoms with E-state index in [0.717, 1.165) is 18.3 Å². The lowest BCUT2D eigenvalue weighted by molar-refractivity contribution is -0.141. The third-order valence-corrected chi connectivity index (χ3v) is 6.42. The van der Waals surface area contributed by atoms with E-state index in [2.05, 4.69) is 30.7 Å². The van der Waals surface area contributed by atoms with Crippen LogP contribution in [0.15, 0.2) is 52.1 Å². The molecule has 184 valence electrons. The van der Waals surface area contributed by atoms with Gasteiger partial charge in [0.1, 0.15) is 22.5 Å². The van der Waals surface area contributed by atoms with Crippen molar-refractivity contribution in [1.29, 1.82) is 0 Å². The molecule has 0 bridgehead atoms. The molecular formula is C23H25BrF4N4OS. The van der Waals surface area contributed by atoms with E-state index in [9.17, 15) is 21.8 Å². The first-order valence-electron chi connectivity index (χ1n) is 10.6. The number of benzene rings is 1. The van der Waals surface area contributed by atoms with Crippen molar-refractivity contribution in [3.8, 4) is 11.3 Å². The van der Waals surface area contributed by atoms with E-state index in [1.165, 1.54) is 31.4 Å². The van der Waals surface area contributed by atoms with Crippen LogP contribution in [0, 0.1) is 5.82 Å². The van der Waals surface area contributed by atoms with Crippen molar-refractivity contribution in [3.63, 3.8) is 0 Å². The highest BCUT2D eigenvalue weighted by molar-refractivity contribution is 9.10. The first-order chi connectivity index (χ1) is 15.9. The summed E-state index contributed by atoms with van der Waals surface area (Å²) in [5.41, 5.74) is 0.378. The lowest BCUT2D eigenvalue weighted by Gasteiger charge is -2.23. The number of hydrogen-bond acceptors (Lipinski definition) is 3. The number of pyridine rings is 1. The van der Waals surface area contributed by atoms with Gasteiger partial charge in [0.25, 0.3) is 0 Å². The van der Waals surface area contributed by atoms with E-state index in [4.69, 9.17) is 0 Å². The van der Waals surface area contributed by atoms with Crippen LogP contribution in [0.2, 0.25) is 0 Å². The first-order valence-corrected chi connectivity index (χ1v) is 12.5. The van der Waals surface area contributed by atoms with Gasteiger partial charge in [-0.15, -0.1) is 0 Å². The topological polar surface area (TPSA) is 59.8 Å². The Hall–Kier alpha value is -2.11. The molecule has 0 saturated heterocycles. The van der Waals surface area contributed by atoms with Gasteiger partial charge >= 0.3 is 6.18 Å². The highest BCUT2D eigenvalue weighted by Gasteiger charge is 2.32. The van der Waals surface area contributed by atoms with Crippen molar-refractivity contribution < 1.29 is 21.8 Å². The number of nitrogens with one attached hydrogen (secondary N) is 1. The molecule has 0 amide bonds. The molecule has 1 atom stereocenters. The minimum absolute atomic E-state index is 0.0853. The van der Waals surface area contributed by atoms with E-state index < -0.39 is 34.2 Å². The Labute approximate surface area is 206 Å². The summed E-state index contributed by atoms with van der Waals surface area (Å²) >= 11 is 3.44. The lowest BCUT2D eigenvalue weighted by Crippen LogP contribution is -2.24. The van der Waals surface area contributed by atoms with Crippen LogP contribution in [0.4, 0.5) is 17.6 Å². The molecule has 11 heteroatoms. The van der Waals surface area contributed by atoms with Crippen molar-refractivity contribution in [2.75, 3.05) is 0 Å². The van der Waals surface area contributed by atoms with E-state index in [-0.39, 0.29) is 11.4 Å². The second kappa shape index (κ2) is 10.7. The van der Waals surface area contributed by atoms with Gasteiger partial charge in [-0.25, -0.2) is 13.3 Å². The molecular weight excluding hydrogens is 536 g/mol. The summed E-state index contributed by atoms with van der Waals surface area (Å²) in [5.74, 6) is -0.418. The molecule has 1 saturated carbocycles. The van der Waals surface area contributed by atoms with E-state index in [1.54, 1.807) is 16.9 Å². The molecule has 1 N–H and O–H groups in total. The number of aromatic nitrogens is 3. The Morgan fingerprint density at radius 3 is 2.29 bits per heavy atom. The van der Waals surface area contributed by atoms with E-state index in [1.807, 2.05) is 20.8 Å². The zero-order valence-electron chi connectivity index (χ0n) is 18.9. The molecule has 5 nitrogen and oxygen atoms in total. The molecule has 3 aromatic rings. The van der Waals surface area contributed by atoms with Crippen LogP contribution in [-0.4, -0.2) is 19.0 Å². The number of alkyl halides is 3. The van der Waals surface area contributed by atoms with Crippen molar-refractivity contribution in [2.45, 2.75) is 63.2 Å². The van der Waals surface area contributed by atoms with Crippen molar-refractivity contribution >= 4 is 26.9 Å². The first kappa shape index (κ1) is 26.5. The molecule has 1 aliphatic rings. The van der Waals surface area contributed by atoms with Crippen LogP contribution in [0.5, 0.6) is 0 Å². The van der Waals surface area contributed by atoms with Gasteiger partial charge in [-0.2, -0.15) is 18.3 Å². The lowest BCUT2D eigenvalue weighted by atomic mass is 10.0. The third-order valence-electron chi connectivity index (χ3n) is 4.65. The van der Waals surface area contributed by atoms with Gasteiger partial charge in [0.2, 0.25) is 0 Å². The number of nitrogens with zero attached hydrogens (tertiary/aromatic N) is 3. The maximum absolute atomic E-state index is 13.9. The van der Waals surface area contributed by atoms with Crippen LogP contribution in [0.1, 0.15) is 51.3 Å². The zero-order chi connectivity index (χ0) is 25.1. The van der Waals surface area contributed by atoms with E-state index >= 15 is 0 Å². The number of halogens is 5. The molecule has 1 aromatic carbocycles. The molecule has 34 heavy (non-hydrogen) atoms. The molecule has 1 unspecified atom stereocenters. The third kappa shape index (κ3) is 6.96. The second-order valence-electron chi connectivity index (χ2n) is 8.75. The molecule has 2 heterocycles. The normalized spacial score (nSPS) is 14.4. The van der Waals surface area contributed by atoms with Crippen LogP contribution in [-0.2, 0) is 29.2 Å². The van der Waals surface area contributed by atoms with Crippen molar-refractivity contribution in [1.82, 2.24) is 19.5 Å². The predicted octanol–water partition coefficient (Wildman–Crippen LogP) is 6.60. The minimum atomic E-state index is -4.57. The van der Waals surface area contributed by atoms with Gasteiger partial charge in [0.15, 0.2) is 0 Å². The van der Waals surface area contributed by atoms with Crippen molar-refractivity contribution in [2.24, 2.45) is 0 Å². The maximum Gasteiger partial charge on any atom is 0.433 e. The average molecular weight is 561 g/mol. The molecule has 4 rings (SSSR count). The summed E-state index contributed by atoms with van der Waals surface area (Å²) < 4.78 is 69.6. The molecule has 1 fully saturated rings. The van der Waals surface area contributed by atoms with Crippen LogP contribution in [0.25, 0.3) is 11.3 Å². The fourth-order valence-electron chi connectivity index (χ4n) is 2.87. The Kier molecular flexibility index (Phi) is 8.30. The smallest absolute Gasteiger partial charge is 0.259 e. The Bertz CT molecular complexity index is 1150. The highest BCUT2D eigenvalue weighted by atomic mass is 79.9. The summed E-state index contributed by atoms with van der Waals surface area (Å²) in [6.07, 6.45) is 2.45. The zero-order valence-corrected chi connectivity index (χ0v) is 21.3. The summed E-state index contributed by atoms with van der Waals surface area (Å²) in [4.78, 5) is 3.43. The van der Waals surface area contributed by atoms with Gasteiger partial charge in [0.05, 0.1) is 22.3 Å². The molecule has 1 aliphatic carbocycles. The second-order valence-corrected chi connectivity index (χ2v) is 10.9. The number of hydrogen-bond donors (Lipinski definition) is 1.